The molecule has 1 saturated heterocycles. The first-order valence-electron chi connectivity index (χ1n) is 8.79. The van der Waals surface area contributed by atoms with E-state index in [-0.39, 0.29) is 11.1 Å². The van der Waals surface area contributed by atoms with Gasteiger partial charge < -0.3 is 4.74 Å². The van der Waals surface area contributed by atoms with E-state index in [2.05, 4.69) is 17.4 Å². The summed E-state index contributed by atoms with van der Waals surface area (Å²) in [7, 11) is 0. The van der Waals surface area contributed by atoms with Gasteiger partial charge in [-0.1, -0.05) is 60.7 Å². The molecule has 0 radical (unpaired) electrons. The van der Waals surface area contributed by atoms with Gasteiger partial charge in [0.2, 0.25) is 0 Å². The van der Waals surface area contributed by atoms with Gasteiger partial charge >= 0.3 is 0 Å². The van der Waals surface area contributed by atoms with E-state index in [0.717, 1.165) is 34.2 Å². The van der Waals surface area contributed by atoms with Crippen LogP contribution >= 0.6 is 11.8 Å². The Kier molecular flexibility index (Phi) is 5.26. The van der Waals surface area contributed by atoms with Gasteiger partial charge in [-0.25, -0.2) is 0 Å². The summed E-state index contributed by atoms with van der Waals surface area (Å²) < 4.78 is 5.89. The molecule has 2 amide bonds. The molecule has 3 aromatic carbocycles. The number of rotatable bonds is 5. The summed E-state index contributed by atoms with van der Waals surface area (Å²) in [5, 5.41) is 1.92. The first kappa shape index (κ1) is 18.1. The van der Waals surface area contributed by atoms with Crippen LogP contribution in [0, 0.1) is 0 Å². The zero-order valence-electron chi connectivity index (χ0n) is 14.9. The average molecular weight is 387 g/mol. The maximum Gasteiger partial charge on any atom is 0.290 e. The molecular weight excluding hydrogens is 370 g/mol. The van der Waals surface area contributed by atoms with Crippen LogP contribution in [-0.2, 0) is 11.4 Å². The zero-order valence-corrected chi connectivity index (χ0v) is 15.7. The molecule has 28 heavy (non-hydrogen) atoms. The number of imide groups is 1. The van der Waals surface area contributed by atoms with Crippen LogP contribution < -0.4 is 10.1 Å². The highest BCUT2D eigenvalue weighted by Gasteiger charge is 2.24. The number of hydrogen-bond donors (Lipinski definition) is 1. The van der Waals surface area contributed by atoms with Gasteiger partial charge in [-0.15, -0.1) is 0 Å². The van der Waals surface area contributed by atoms with Gasteiger partial charge in [-0.05, 0) is 58.3 Å². The Labute approximate surface area is 167 Å². The molecule has 0 aromatic heterocycles. The van der Waals surface area contributed by atoms with E-state index < -0.39 is 0 Å². The number of benzene rings is 3. The molecule has 0 unspecified atom stereocenters. The largest absolute Gasteiger partial charge is 0.489 e. The van der Waals surface area contributed by atoms with Gasteiger partial charge in [0.05, 0.1) is 4.91 Å². The first-order chi connectivity index (χ1) is 13.7. The molecule has 0 spiro atoms. The molecular formula is C23H17NO3S. The van der Waals surface area contributed by atoms with E-state index in [1.807, 2.05) is 66.7 Å². The van der Waals surface area contributed by atoms with E-state index in [0.29, 0.717) is 11.5 Å². The third-order valence-electron chi connectivity index (χ3n) is 4.26. The fraction of sp³-hybridized carbons (Fsp3) is 0.0435. The maximum absolute atomic E-state index is 11.7. The lowest BCUT2D eigenvalue weighted by Crippen LogP contribution is -2.17. The highest BCUT2D eigenvalue weighted by molar-refractivity contribution is 8.18. The van der Waals surface area contributed by atoms with Crippen LogP contribution in [0.1, 0.15) is 11.1 Å². The van der Waals surface area contributed by atoms with Gasteiger partial charge in [0.1, 0.15) is 12.4 Å². The fourth-order valence-electron chi connectivity index (χ4n) is 2.89. The van der Waals surface area contributed by atoms with Crippen molar-refractivity contribution in [1.82, 2.24) is 5.32 Å². The van der Waals surface area contributed by atoms with E-state index in [1.165, 1.54) is 5.56 Å². The Morgan fingerprint density at radius 2 is 1.61 bits per heavy atom. The second kappa shape index (κ2) is 8.15. The normalized spacial score (nSPS) is 14.9. The number of carbonyl (C=O) groups is 2. The van der Waals surface area contributed by atoms with Crippen molar-refractivity contribution >= 4 is 29.0 Å². The van der Waals surface area contributed by atoms with Gasteiger partial charge in [-0.2, -0.15) is 0 Å². The molecule has 1 fully saturated rings. The molecule has 138 valence electrons. The number of ether oxygens (including phenoxy) is 1. The zero-order chi connectivity index (χ0) is 19.3. The summed E-state index contributed by atoms with van der Waals surface area (Å²) in [6.07, 6.45) is 1.71. The van der Waals surface area contributed by atoms with E-state index in [1.54, 1.807) is 6.08 Å². The van der Waals surface area contributed by atoms with Crippen LogP contribution in [0.2, 0.25) is 0 Å². The van der Waals surface area contributed by atoms with Crippen molar-refractivity contribution in [3.8, 4) is 16.9 Å². The molecule has 1 aliphatic heterocycles. The molecule has 3 aromatic rings. The fourth-order valence-corrected chi connectivity index (χ4v) is 3.57. The summed E-state index contributed by atoms with van der Waals surface area (Å²) in [6.45, 7) is 0.417. The number of thioether (sulfide) groups is 1. The highest BCUT2D eigenvalue weighted by atomic mass is 32.2. The third kappa shape index (κ3) is 4.32. The van der Waals surface area contributed by atoms with Crippen LogP contribution in [0.4, 0.5) is 4.79 Å². The number of carbonyl (C=O) groups excluding carboxylic acids is 2. The molecule has 0 aliphatic carbocycles. The van der Waals surface area contributed by atoms with E-state index in [9.17, 15) is 9.59 Å². The van der Waals surface area contributed by atoms with Crippen molar-refractivity contribution in [2.24, 2.45) is 0 Å². The van der Waals surface area contributed by atoms with E-state index >= 15 is 0 Å². The minimum absolute atomic E-state index is 0.338. The van der Waals surface area contributed by atoms with Crippen LogP contribution in [0.5, 0.6) is 5.75 Å². The van der Waals surface area contributed by atoms with E-state index in [4.69, 9.17) is 4.74 Å². The molecule has 5 heteroatoms. The molecule has 0 saturated carbocycles. The Hall–Kier alpha value is -3.31. The summed E-state index contributed by atoms with van der Waals surface area (Å²) in [5.74, 6) is 0.440. The van der Waals surface area contributed by atoms with Crippen molar-refractivity contribution in [2.45, 2.75) is 6.61 Å². The number of hydrogen-bond acceptors (Lipinski definition) is 4. The highest BCUT2D eigenvalue weighted by Crippen LogP contribution is 2.26. The first-order valence-corrected chi connectivity index (χ1v) is 9.61. The minimum Gasteiger partial charge on any atom is -0.489 e. The molecule has 4 nitrogen and oxygen atoms in total. The Bertz CT molecular complexity index is 1040. The lowest BCUT2D eigenvalue weighted by atomic mass is 10.1. The van der Waals surface area contributed by atoms with Crippen molar-refractivity contribution in [3.05, 3.63) is 94.9 Å². The van der Waals surface area contributed by atoms with Crippen LogP contribution in [0.3, 0.4) is 0 Å². The number of amides is 2. The topological polar surface area (TPSA) is 55.4 Å². The van der Waals surface area contributed by atoms with Crippen LogP contribution in [0.25, 0.3) is 17.2 Å². The Morgan fingerprint density at radius 1 is 0.857 bits per heavy atom. The maximum atomic E-state index is 11.7. The third-order valence-corrected chi connectivity index (χ3v) is 5.07. The minimum atomic E-state index is -0.352. The van der Waals surface area contributed by atoms with Crippen molar-refractivity contribution in [2.75, 3.05) is 0 Å². The second-order valence-electron chi connectivity index (χ2n) is 6.28. The molecule has 0 bridgehead atoms. The molecule has 1 aliphatic rings. The van der Waals surface area contributed by atoms with Gasteiger partial charge in [0.15, 0.2) is 0 Å². The number of nitrogens with one attached hydrogen (secondary N) is 1. The molecule has 4 rings (SSSR count). The van der Waals surface area contributed by atoms with Crippen molar-refractivity contribution < 1.29 is 14.3 Å². The SMILES string of the molecule is O=C1NC(=O)/C(=C/c2cccc(COc3ccc(-c4ccccc4)cc3)c2)S1. The predicted octanol–water partition coefficient (Wildman–Crippen LogP) is 5.26. The molecule has 1 N–H and O–H groups in total. The van der Waals surface area contributed by atoms with Gasteiger partial charge in [0, 0.05) is 0 Å². The van der Waals surface area contributed by atoms with Crippen LogP contribution in [-0.4, -0.2) is 11.1 Å². The summed E-state index contributed by atoms with van der Waals surface area (Å²) in [6, 6.07) is 25.9. The van der Waals surface area contributed by atoms with Crippen LogP contribution in [0.15, 0.2) is 83.8 Å². The monoisotopic (exact) mass is 387 g/mol. The standard InChI is InChI=1S/C23H17NO3S/c25-22-21(28-23(26)24-22)14-16-5-4-6-17(13-16)15-27-20-11-9-19(10-12-20)18-7-2-1-3-8-18/h1-14H,15H2,(H,24,25,26)/b21-14-. The molecule has 0 atom stereocenters. The Balaban J connectivity index is 1.42. The Morgan fingerprint density at radius 3 is 2.32 bits per heavy atom. The van der Waals surface area contributed by atoms with Crippen molar-refractivity contribution in [1.29, 1.82) is 0 Å². The average Bonchev–Trinajstić information content (AvgIpc) is 3.04. The van der Waals surface area contributed by atoms with Gasteiger partial charge in [-0.3, -0.25) is 14.9 Å². The predicted molar refractivity (Wildman–Crippen MR) is 112 cm³/mol. The summed E-state index contributed by atoms with van der Waals surface area (Å²) in [5.41, 5.74) is 4.15. The second-order valence-corrected chi connectivity index (χ2v) is 7.29. The quantitative estimate of drug-likeness (QED) is 0.607. The van der Waals surface area contributed by atoms with Crippen molar-refractivity contribution in [3.63, 3.8) is 0 Å². The molecule has 1 heterocycles. The van der Waals surface area contributed by atoms with Gasteiger partial charge in [0.25, 0.3) is 11.1 Å². The lowest BCUT2D eigenvalue weighted by Gasteiger charge is -2.08. The smallest absolute Gasteiger partial charge is 0.290 e. The summed E-state index contributed by atoms with van der Waals surface area (Å²) >= 11 is 0.914. The summed E-state index contributed by atoms with van der Waals surface area (Å²) in [4.78, 5) is 23.3. The lowest BCUT2D eigenvalue weighted by molar-refractivity contribution is -0.115.